The molecule has 0 radical (unpaired) electrons. The van der Waals surface area contributed by atoms with Gasteiger partial charge in [0.15, 0.2) is 0 Å². The van der Waals surface area contributed by atoms with Gasteiger partial charge in [0.05, 0.1) is 19.8 Å². The number of carbonyl (C=O) groups is 1. The van der Waals surface area contributed by atoms with Gasteiger partial charge in [-0.3, -0.25) is 9.69 Å². The van der Waals surface area contributed by atoms with E-state index in [4.69, 9.17) is 14.6 Å². The van der Waals surface area contributed by atoms with Crippen LogP contribution in [-0.2, 0) is 16.1 Å². The quantitative estimate of drug-likeness (QED) is 0.804. The van der Waals surface area contributed by atoms with Crippen molar-refractivity contribution < 1.29 is 19.4 Å². The van der Waals surface area contributed by atoms with E-state index in [2.05, 4.69) is 24.3 Å². The number of likely N-dealkylation sites (tertiary alicyclic amines) is 1. The molecule has 1 heterocycles. The molecular formula is C22H27NO4. The molecule has 2 aromatic carbocycles. The van der Waals surface area contributed by atoms with Crippen LogP contribution >= 0.6 is 0 Å². The van der Waals surface area contributed by atoms with Crippen molar-refractivity contribution in [2.45, 2.75) is 38.5 Å². The first kappa shape index (κ1) is 19.4. The van der Waals surface area contributed by atoms with Gasteiger partial charge in [0.2, 0.25) is 0 Å². The molecule has 27 heavy (non-hydrogen) atoms. The van der Waals surface area contributed by atoms with Crippen molar-refractivity contribution in [2.24, 2.45) is 0 Å². The van der Waals surface area contributed by atoms with Crippen molar-refractivity contribution in [3.63, 3.8) is 0 Å². The zero-order valence-electron chi connectivity index (χ0n) is 15.9. The molecule has 0 amide bonds. The van der Waals surface area contributed by atoms with E-state index in [1.165, 1.54) is 0 Å². The molecule has 1 N–H and O–H groups in total. The van der Waals surface area contributed by atoms with Crippen LogP contribution in [0.25, 0.3) is 11.1 Å². The highest BCUT2D eigenvalue weighted by atomic mass is 16.5. The lowest BCUT2D eigenvalue weighted by molar-refractivity contribution is -0.143. The Balaban J connectivity index is 1.60. The predicted molar refractivity (Wildman–Crippen MR) is 105 cm³/mol. The fraction of sp³-hybridized carbons (Fsp3) is 0.409. The lowest BCUT2D eigenvalue weighted by atomic mass is 10.00. The fourth-order valence-corrected chi connectivity index (χ4v) is 3.49. The topological polar surface area (TPSA) is 59.0 Å². The van der Waals surface area contributed by atoms with E-state index in [1.807, 2.05) is 29.2 Å². The molecule has 1 unspecified atom stereocenters. The smallest absolute Gasteiger partial charge is 0.320 e. The molecule has 3 rings (SSSR count). The highest BCUT2D eigenvalue weighted by Gasteiger charge is 2.26. The van der Waals surface area contributed by atoms with E-state index >= 15 is 0 Å². The van der Waals surface area contributed by atoms with Gasteiger partial charge in [-0.15, -0.1) is 0 Å². The van der Waals surface area contributed by atoms with E-state index in [0.717, 1.165) is 48.4 Å². The summed E-state index contributed by atoms with van der Waals surface area (Å²) in [5.41, 5.74) is 3.46. The Morgan fingerprint density at radius 3 is 2.44 bits per heavy atom. The first-order valence-corrected chi connectivity index (χ1v) is 9.39. The third-order valence-corrected chi connectivity index (χ3v) is 5.27. The molecule has 1 atom stereocenters. The zero-order chi connectivity index (χ0) is 19.2. The zero-order valence-corrected chi connectivity index (χ0v) is 15.9. The predicted octanol–water partition coefficient (Wildman–Crippen LogP) is 3.82. The number of benzene rings is 2. The Morgan fingerprint density at radius 2 is 1.81 bits per heavy atom. The molecule has 1 aliphatic heterocycles. The van der Waals surface area contributed by atoms with Crippen LogP contribution in [0.2, 0.25) is 0 Å². The summed E-state index contributed by atoms with van der Waals surface area (Å²) >= 11 is 0. The number of nitrogens with zero attached hydrogens (tertiary/aromatic N) is 1. The number of rotatable bonds is 7. The van der Waals surface area contributed by atoms with E-state index in [1.54, 1.807) is 14.0 Å². The lowest BCUT2D eigenvalue weighted by Crippen LogP contribution is -2.45. The SMILES string of the molecule is COc1ccc(-c2ccccc2COC2CCN(C(C)C(=O)O)CC2)cc1. The number of methoxy groups -OCH3 is 1. The van der Waals surface area contributed by atoms with Crippen LogP contribution in [0.15, 0.2) is 48.5 Å². The van der Waals surface area contributed by atoms with Crippen LogP contribution in [-0.4, -0.2) is 48.3 Å². The van der Waals surface area contributed by atoms with Gasteiger partial charge in [-0.1, -0.05) is 36.4 Å². The van der Waals surface area contributed by atoms with Gasteiger partial charge in [-0.25, -0.2) is 0 Å². The molecule has 1 fully saturated rings. The average Bonchev–Trinajstić information content (AvgIpc) is 2.72. The van der Waals surface area contributed by atoms with Gasteiger partial charge in [-0.2, -0.15) is 0 Å². The third-order valence-electron chi connectivity index (χ3n) is 5.27. The molecule has 144 valence electrons. The summed E-state index contributed by atoms with van der Waals surface area (Å²) in [6, 6.07) is 15.9. The molecule has 0 spiro atoms. The summed E-state index contributed by atoms with van der Waals surface area (Å²) in [6.45, 7) is 3.83. The molecule has 5 nitrogen and oxygen atoms in total. The number of hydrogen-bond donors (Lipinski definition) is 1. The molecule has 1 aliphatic rings. The summed E-state index contributed by atoms with van der Waals surface area (Å²) in [4.78, 5) is 13.1. The van der Waals surface area contributed by atoms with Gasteiger partial charge < -0.3 is 14.6 Å². The van der Waals surface area contributed by atoms with E-state index in [0.29, 0.717) is 6.61 Å². The maximum Gasteiger partial charge on any atom is 0.320 e. The van der Waals surface area contributed by atoms with Crippen molar-refractivity contribution in [3.05, 3.63) is 54.1 Å². The molecule has 2 aromatic rings. The van der Waals surface area contributed by atoms with Crippen molar-refractivity contribution in [1.82, 2.24) is 4.90 Å². The number of carboxylic acids is 1. The molecule has 0 aliphatic carbocycles. The second-order valence-corrected chi connectivity index (χ2v) is 6.95. The van der Waals surface area contributed by atoms with Crippen LogP contribution in [0.5, 0.6) is 5.75 Å². The highest BCUT2D eigenvalue weighted by molar-refractivity contribution is 5.72. The van der Waals surface area contributed by atoms with E-state index in [-0.39, 0.29) is 6.10 Å². The minimum atomic E-state index is -0.761. The Labute approximate surface area is 160 Å². The number of piperidine rings is 1. The van der Waals surface area contributed by atoms with Crippen LogP contribution in [0.3, 0.4) is 0 Å². The second-order valence-electron chi connectivity index (χ2n) is 6.95. The largest absolute Gasteiger partial charge is 0.497 e. The van der Waals surface area contributed by atoms with Crippen LogP contribution < -0.4 is 4.74 Å². The summed E-state index contributed by atoms with van der Waals surface area (Å²) in [6.07, 6.45) is 1.90. The van der Waals surface area contributed by atoms with Crippen molar-refractivity contribution in [3.8, 4) is 16.9 Å². The summed E-state index contributed by atoms with van der Waals surface area (Å²) < 4.78 is 11.4. The van der Waals surface area contributed by atoms with E-state index < -0.39 is 12.0 Å². The first-order valence-electron chi connectivity index (χ1n) is 9.39. The standard InChI is InChI=1S/C22H27NO4/c1-16(22(24)25)23-13-11-20(12-14-23)27-15-18-5-3-4-6-21(18)17-7-9-19(26-2)10-8-17/h3-10,16,20H,11-15H2,1-2H3,(H,24,25). The van der Waals surface area contributed by atoms with Gasteiger partial charge in [-0.05, 0) is 48.6 Å². The molecule has 0 bridgehead atoms. The first-order chi connectivity index (χ1) is 13.1. The monoisotopic (exact) mass is 369 g/mol. The molecular weight excluding hydrogens is 342 g/mol. The third kappa shape index (κ3) is 4.87. The second kappa shape index (κ2) is 9.02. The normalized spacial score (nSPS) is 16.8. The van der Waals surface area contributed by atoms with Crippen molar-refractivity contribution in [2.75, 3.05) is 20.2 Å². The Morgan fingerprint density at radius 1 is 1.15 bits per heavy atom. The maximum atomic E-state index is 11.1. The minimum absolute atomic E-state index is 0.172. The molecule has 1 saturated heterocycles. The summed E-state index contributed by atoms with van der Waals surface area (Å²) in [5, 5.41) is 9.14. The molecule has 5 heteroatoms. The Bertz CT molecular complexity index is 751. The van der Waals surface area contributed by atoms with Crippen LogP contribution in [0.4, 0.5) is 0 Å². The van der Waals surface area contributed by atoms with Crippen LogP contribution in [0.1, 0.15) is 25.3 Å². The molecule has 0 aromatic heterocycles. The average molecular weight is 369 g/mol. The summed E-state index contributed by atoms with van der Waals surface area (Å²) in [7, 11) is 1.67. The van der Waals surface area contributed by atoms with E-state index in [9.17, 15) is 4.79 Å². The Kier molecular flexibility index (Phi) is 6.48. The van der Waals surface area contributed by atoms with Crippen molar-refractivity contribution >= 4 is 5.97 Å². The molecule has 0 saturated carbocycles. The van der Waals surface area contributed by atoms with Crippen LogP contribution in [0, 0.1) is 0 Å². The van der Waals surface area contributed by atoms with Gasteiger partial charge >= 0.3 is 5.97 Å². The number of ether oxygens (including phenoxy) is 2. The van der Waals surface area contributed by atoms with Crippen molar-refractivity contribution in [1.29, 1.82) is 0 Å². The fourth-order valence-electron chi connectivity index (χ4n) is 3.49. The number of carboxylic acid groups (broad SMARTS) is 1. The summed E-state index contributed by atoms with van der Waals surface area (Å²) in [5.74, 6) is 0.0811. The Hall–Kier alpha value is -2.37. The van der Waals surface area contributed by atoms with Gasteiger partial charge in [0.1, 0.15) is 11.8 Å². The highest BCUT2D eigenvalue weighted by Crippen LogP contribution is 2.27. The minimum Gasteiger partial charge on any atom is -0.497 e. The number of hydrogen-bond acceptors (Lipinski definition) is 4. The number of aliphatic carboxylic acids is 1. The van der Waals surface area contributed by atoms with Gasteiger partial charge in [0.25, 0.3) is 0 Å². The maximum absolute atomic E-state index is 11.1. The van der Waals surface area contributed by atoms with Gasteiger partial charge in [0, 0.05) is 13.1 Å². The lowest BCUT2D eigenvalue weighted by Gasteiger charge is -2.34.